The second-order valence-electron chi connectivity index (χ2n) is 4.27. The van der Waals surface area contributed by atoms with Gasteiger partial charge >= 0.3 is 5.97 Å². The molecule has 6 nitrogen and oxygen atoms in total. The van der Waals surface area contributed by atoms with Gasteiger partial charge in [-0.2, -0.15) is 0 Å². The third-order valence-electron chi connectivity index (χ3n) is 2.54. The Labute approximate surface area is 107 Å². The molecule has 1 saturated heterocycles. The number of ether oxygens (including phenoxy) is 1. The first-order chi connectivity index (χ1) is 7.98. The van der Waals surface area contributed by atoms with Crippen molar-refractivity contribution in [3.8, 4) is 0 Å². The Hall–Kier alpha value is -0.760. The van der Waals surface area contributed by atoms with Crippen LogP contribution in [0.5, 0.6) is 0 Å². The maximum absolute atomic E-state index is 10.4. The van der Waals surface area contributed by atoms with E-state index in [2.05, 4.69) is 14.5 Å². The molecule has 1 N–H and O–H groups in total. The van der Waals surface area contributed by atoms with Crippen LogP contribution in [0.1, 0.15) is 12.6 Å². The van der Waals surface area contributed by atoms with Crippen molar-refractivity contribution in [1.29, 1.82) is 0 Å². The Morgan fingerprint density at radius 3 is 2.94 bits per heavy atom. The molecule has 0 aliphatic carbocycles. The van der Waals surface area contributed by atoms with Gasteiger partial charge in [-0.05, 0) is 6.92 Å². The number of likely N-dealkylation sites (tertiary alicyclic amines) is 1. The van der Waals surface area contributed by atoms with E-state index < -0.39 is 5.97 Å². The molecule has 0 atom stereocenters. The zero-order valence-corrected chi connectivity index (χ0v) is 10.8. The Bertz CT molecular complexity index is 419. The largest absolute Gasteiger partial charge is 0.480 e. The number of rotatable bonds is 5. The van der Waals surface area contributed by atoms with Gasteiger partial charge in [0.1, 0.15) is 16.6 Å². The highest BCUT2D eigenvalue weighted by Crippen LogP contribution is 2.28. The predicted octanol–water partition coefficient (Wildman–Crippen LogP) is 0.867. The van der Waals surface area contributed by atoms with Gasteiger partial charge in [0.25, 0.3) is 0 Å². The minimum absolute atomic E-state index is 0.261. The number of halogens is 1. The normalized spacial score (nSPS) is 18.9. The van der Waals surface area contributed by atoms with E-state index in [0.717, 1.165) is 17.2 Å². The molecule has 1 aliphatic rings. The Kier molecular flexibility index (Phi) is 3.62. The maximum atomic E-state index is 10.4. The Balaban J connectivity index is 1.78. The molecule has 94 valence electrons. The lowest BCUT2D eigenvalue weighted by Gasteiger charge is -2.47. The van der Waals surface area contributed by atoms with Crippen molar-refractivity contribution in [3.63, 3.8) is 0 Å². The van der Waals surface area contributed by atoms with E-state index in [1.165, 1.54) is 0 Å². The van der Waals surface area contributed by atoms with Crippen LogP contribution in [0, 0.1) is 0 Å². The van der Waals surface area contributed by atoms with Crippen LogP contribution < -0.4 is 0 Å². The number of hydrogen-bond donors (Lipinski definition) is 1. The molecule has 0 spiro atoms. The summed E-state index contributed by atoms with van der Waals surface area (Å²) in [6.45, 7) is 3.61. The molecular formula is C9H12ClN3O3S. The van der Waals surface area contributed by atoms with Crippen molar-refractivity contribution < 1.29 is 14.6 Å². The van der Waals surface area contributed by atoms with Crippen molar-refractivity contribution in [1.82, 2.24) is 14.5 Å². The first-order valence-electron chi connectivity index (χ1n) is 5.03. The third-order valence-corrected chi connectivity index (χ3v) is 3.53. The molecule has 0 saturated carbocycles. The van der Waals surface area contributed by atoms with Crippen molar-refractivity contribution in [2.75, 3.05) is 19.7 Å². The van der Waals surface area contributed by atoms with Gasteiger partial charge in [0.2, 0.25) is 0 Å². The van der Waals surface area contributed by atoms with E-state index in [-0.39, 0.29) is 12.2 Å². The van der Waals surface area contributed by atoms with E-state index in [1.54, 1.807) is 0 Å². The van der Waals surface area contributed by atoms with Gasteiger partial charge in [0, 0.05) is 31.2 Å². The van der Waals surface area contributed by atoms with Crippen molar-refractivity contribution in [2.45, 2.75) is 19.1 Å². The second-order valence-corrected chi connectivity index (χ2v) is 5.63. The summed E-state index contributed by atoms with van der Waals surface area (Å²) < 4.78 is 9.65. The van der Waals surface area contributed by atoms with Crippen LogP contribution in [0.25, 0.3) is 0 Å². The summed E-state index contributed by atoms with van der Waals surface area (Å²) in [6, 6.07) is 0. The monoisotopic (exact) mass is 277 g/mol. The van der Waals surface area contributed by atoms with Crippen LogP contribution in [-0.4, -0.2) is 50.9 Å². The molecule has 8 heteroatoms. The van der Waals surface area contributed by atoms with Gasteiger partial charge in [-0.15, -0.1) is 5.10 Å². The highest BCUT2D eigenvalue weighted by atomic mass is 35.5. The predicted molar refractivity (Wildman–Crippen MR) is 62.2 cm³/mol. The average Bonchev–Trinajstić information content (AvgIpc) is 2.59. The molecule has 1 aromatic heterocycles. The highest BCUT2D eigenvalue weighted by Gasteiger charge is 2.40. The fourth-order valence-corrected chi connectivity index (χ4v) is 2.45. The molecule has 2 heterocycles. The number of carboxylic acids is 1. The first-order valence-corrected chi connectivity index (χ1v) is 6.18. The lowest BCUT2D eigenvalue weighted by Crippen LogP contribution is -2.61. The molecule has 0 bridgehead atoms. The number of aliphatic carboxylic acids is 1. The van der Waals surface area contributed by atoms with Crippen LogP contribution >= 0.6 is 23.1 Å². The molecule has 0 amide bonds. The summed E-state index contributed by atoms with van der Waals surface area (Å²) in [7, 11) is 0. The summed E-state index contributed by atoms with van der Waals surface area (Å²) in [6.07, 6.45) is 0. The van der Waals surface area contributed by atoms with Crippen LogP contribution in [0.15, 0.2) is 0 Å². The number of hydrogen-bond acceptors (Lipinski definition) is 6. The van der Waals surface area contributed by atoms with E-state index >= 15 is 0 Å². The number of carbonyl (C=O) groups is 1. The second kappa shape index (κ2) is 4.85. The quantitative estimate of drug-likeness (QED) is 0.861. The van der Waals surface area contributed by atoms with Gasteiger partial charge in [0.15, 0.2) is 0 Å². The lowest BCUT2D eigenvalue weighted by molar-refractivity contribution is -0.165. The van der Waals surface area contributed by atoms with Crippen LogP contribution in [-0.2, 0) is 16.1 Å². The average molecular weight is 278 g/mol. The minimum Gasteiger partial charge on any atom is -0.480 e. The third kappa shape index (κ3) is 3.12. The number of nitrogens with zero attached hydrogens (tertiary/aromatic N) is 3. The summed E-state index contributed by atoms with van der Waals surface area (Å²) in [5.74, 6) is -0.948. The molecule has 1 aliphatic heterocycles. The van der Waals surface area contributed by atoms with E-state index in [9.17, 15) is 4.79 Å². The van der Waals surface area contributed by atoms with E-state index in [0.29, 0.717) is 24.0 Å². The van der Waals surface area contributed by atoms with Gasteiger partial charge < -0.3 is 9.84 Å². The molecule has 1 aromatic rings. The molecule has 0 unspecified atom stereocenters. The van der Waals surface area contributed by atoms with Crippen LogP contribution in [0.2, 0.25) is 4.34 Å². The Morgan fingerprint density at radius 2 is 2.41 bits per heavy atom. The molecular weight excluding hydrogens is 266 g/mol. The summed E-state index contributed by atoms with van der Waals surface area (Å²) in [5, 5.41) is 12.5. The van der Waals surface area contributed by atoms with Crippen LogP contribution in [0.3, 0.4) is 0 Å². The van der Waals surface area contributed by atoms with Crippen LogP contribution in [0.4, 0.5) is 0 Å². The molecule has 0 aromatic carbocycles. The van der Waals surface area contributed by atoms with Crippen molar-refractivity contribution in [2.24, 2.45) is 0 Å². The molecule has 0 radical (unpaired) electrons. The van der Waals surface area contributed by atoms with Gasteiger partial charge in [-0.25, -0.2) is 4.79 Å². The first kappa shape index (κ1) is 12.7. The number of aromatic nitrogens is 2. The van der Waals surface area contributed by atoms with Crippen molar-refractivity contribution >= 4 is 29.1 Å². The minimum atomic E-state index is -0.948. The summed E-state index contributed by atoms with van der Waals surface area (Å²) >= 11 is 7.06. The maximum Gasteiger partial charge on any atom is 0.329 e. The number of carboxylic acid groups (broad SMARTS) is 1. The fourth-order valence-electron chi connectivity index (χ4n) is 1.84. The lowest BCUT2D eigenvalue weighted by atomic mass is 9.96. The van der Waals surface area contributed by atoms with Gasteiger partial charge in [0.05, 0.1) is 5.60 Å². The molecule has 2 rings (SSSR count). The standard InChI is InChI=1S/C9H12ClN3O3S/c1-9(16-3-7(14)15)4-13(5-9)2-6-8(10)17-12-11-6/h2-5H2,1H3,(H,14,15). The fraction of sp³-hybridized carbons (Fsp3) is 0.667. The zero-order chi connectivity index (χ0) is 12.5. The summed E-state index contributed by atoms with van der Waals surface area (Å²) in [5.41, 5.74) is 0.380. The molecule has 1 fully saturated rings. The van der Waals surface area contributed by atoms with E-state index in [4.69, 9.17) is 21.4 Å². The van der Waals surface area contributed by atoms with Gasteiger partial charge in [-0.1, -0.05) is 16.1 Å². The van der Waals surface area contributed by atoms with E-state index in [1.807, 2.05) is 6.92 Å². The topological polar surface area (TPSA) is 75.6 Å². The zero-order valence-electron chi connectivity index (χ0n) is 9.22. The molecule has 17 heavy (non-hydrogen) atoms. The van der Waals surface area contributed by atoms with Gasteiger partial charge in [-0.3, -0.25) is 4.90 Å². The summed E-state index contributed by atoms with van der Waals surface area (Å²) in [4.78, 5) is 12.5. The Morgan fingerprint density at radius 1 is 1.71 bits per heavy atom. The smallest absolute Gasteiger partial charge is 0.329 e. The highest BCUT2D eigenvalue weighted by molar-refractivity contribution is 7.10. The SMILES string of the molecule is CC1(OCC(=O)O)CN(Cc2nnsc2Cl)C1. The van der Waals surface area contributed by atoms with Crippen molar-refractivity contribution in [3.05, 3.63) is 10.0 Å².